The molecule has 3 rings (SSSR count). The number of rotatable bonds is 3. The van der Waals surface area contributed by atoms with Gasteiger partial charge in [-0.3, -0.25) is 0 Å². The molecule has 138 valence electrons. The molecule has 0 atom stereocenters. The molecule has 0 bridgehead atoms. The first kappa shape index (κ1) is 18.5. The van der Waals surface area contributed by atoms with Crippen LogP contribution in [0.4, 0.5) is 0 Å². The lowest BCUT2D eigenvalue weighted by atomic mass is 9.87. The van der Waals surface area contributed by atoms with Crippen molar-refractivity contribution in [1.29, 1.82) is 0 Å². The fraction of sp³-hybridized carbons (Fsp3) is 0.182. The van der Waals surface area contributed by atoms with Gasteiger partial charge in [-0.05, 0) is 43.5 Å². The summed E-state index contributed by atoms with van der Waals surface area (Å²) < 4.78 is 4.89. The number of aliphatic hydroxyl groups is 1. The van der Waals surface area contributed by atoms with Gasteiger partial charge in [-0.2, -0.15) is 5.10 Å². The van der Waals surface area contributed by atoms with Gasteiger partial charge in [-0.1, -0.05) is 42.5 Å². The topological polar surface area (TPSA) is 62.1 Å². The van der Waals surface area contributed by atoms with E-state index in [1.54, 1.807) is 13.1 Å². The summed E-state index contributed by atoms with van der Waals surface area (Å²) in [5, 5.41) is 16.7. The van der Waals surface area contributed by atoms with Crippen molar-refractivity contribution < 1.29 is 14.6 Å². The van der Waals surface area contributed by atoms with Gasteiger partial charge in [0.1, 0.15) is 0 Å². The number of nitrogens with zero attached hydrogens (tertiary/aromatic N) is 2. The summed E-state index contributed by atoms with van der Waals surface area (Å²) in [6.07, 6.45) is 3.45. The number of esters is 1. The molecule has 2 aromatic rings. The van der Waals surface area contributed by atoms with E-state index < -0.39 is 5.97 Å². The number of methoxy groups -OCH3 is 1. The second-order valence-corrected chi connectivity index (χ2v) is 6.15. The highest BCUT2D eigenvalue weighted by atomic mass is 16.5. The Bertz CT molecular complexity index is 973. The normalized spacial score (nSPS) is 15.4. The Morgan fingerprint density at radius 1 is 1.15 bits per heavy atom. The highest BCUT2D eigenvalue weighted by Crippen LogP contribution is 2.43. The van der Waals surface area contributed by atoms with E-state index in [0.717, 1.165) is 22.3 Å². The third-order valence-corrected chi connectivity index (χ3v) is 4.43. The summed E-state index contributed by atoms with van der Waals surface area (Å²) in [5.41, 5.74) is 5.08. The number of aliphatic hydroxyl groups excluding tert-OH is 1. The average Bonchev–Trinajstić information content (AvgIpc) is 2.69. The molecular weight excluding hydrogens is 340 g/mol. The molecule has 5 heteroatoms. The molecule has 0 unspecified atom stereocenters. The van der Waals surface area contributed by atoms with Crippen LogP contribution in [0.1, 0.15) is 30.5 Å². The molecule has 1 aliphatic rings. The van der Waals surface area contributed by atoms with Crippen LogP contribution in [0.5, 0.6) is 0 Å². The zero-order valence-electron chi connectivity index (χ0n) is 15.9. The number of allylic oxidation sites excluding steroid dienone is 1. The van der Waals surface area contributed by atoms with Crippen LogP contribution in [0.15, 0.2) is 59.3 Å². The lowest BCUT2D eigenvalue weighted by Crippen LogP contribution is -2.28. The number of aryl methyl sites for hydroxylation is 1. The molecule has 1 N–H and O–H groups in total. The van der Waals surface area contributed by atoms with Crippen LogP contribution in [-0.2, 0) is 9.53 Å². The van der Waals surface area contributed by atoms with Crippen molar-refractivity contribution in [2.24, 2.45) is 5.10 Å². The average molecular weight is 362 g/mol. The second kappa shape index (κ2) is 7.50. The van der Waals surface area contributed by atoms with Crippen molar-refractivity contribution in [2.75, 3.05) is 7.11 Å². The Morgan fingerprint density at radius 3 is 2.41 bits per heavy atom. The van der Waals surface area contributed by atoms with Gasteiger partial charge in [0.25, 0.3) is 0 Å². The van der Waals surface area contributed by atoms with Gasteiger partial charge < -0.3 is 9.84 Å². The van der Waals surface area contributed by atoms with Crippen molar-refractivity contribution in [3.8, 4) is 11.1 Å². The van der Waals surface area contributed by atoms with Gasteiger partial charge in [0.05, 0.1) is 12.8 Å². The Balaban J connectivity index is 2.42. The minimum Gasteiger partial charge on any atom is -0.505 e. The van der Waals surface area contributed by atoms with E-state index in [-0.39, 0.29) is 11.5 Å². The SMILES string of the molecule is C/C=N\N1C(C(=O)OC)=C(O)c2cc(C)cc(-c3ccccc3)c2/C1=C\C. The Labute approximate surface area is 158 Å². The number of hydrogen-bond acceptors (Lipinski definition) is 5. The fourth-order valence-electron chi connectivity index (χ4n) is 3.33. The molecule has 0 spiro atoms. The highest BCUT2D eigenvalue weighted by molar-refractivity contribution is 6.03. The van der Waals surface area contributed by atoms with E-state index in [0.29, 0.717) is 11.3 Å². The van der Waals surface area contributed by atoms with Crippen LogP contribution in [0.25, 0.3) is 22.6 Å². The first-order valence-electron chi connectivity index (χ1n) is 8.70. The molecule has 0 fully saturated rings. The quantitative estimate of drug-likeness (QED) is 0.632. The van der Waals surface area contributed by atoms with E-state index in [4.69, 9.17) is 4.74 Å². The number of hydrazone groups is 1. The smallest absolute Gasteiger partial charge is 0.360 e. The predicted molar refractivity (Wildman–Crippen MR) is 108 cm³/mol. The Kier molecular flexibility index (Phi) is 5.12. The Hall–Kier alpha value is -3.34. The van der Waals surface area contributed by atoms with Crippen molar-refractivity contribution >= 4 is 23.6 Å². The van der Waals surface area contributed by atoms with E-state index in [2.05, 4.69) is 11.2 Å². The largest absolute Gasteiger partial charge is 0.505 e. The van der Waals surface area contributed by atoms with Crippen LogP contribution < -0.4 is 0 Å². The molecule has 5 nitrogen and oxygen atoms in total. The van der Waals surface area contributed by atoms with Crippen LogP contribution in [0.3, 0.4) is 0 Å². The van der Waals surface area contributed by atoms with E-state index >= 15 is 0 Å². The lowest BCUT2D eigenvalue weighted by molar-refractivity contribution is -0.137. The third-order valence-electron chi connectivity index (χ3n) is 4.43. The van der Waals surface area contributed by atoms with Crippen LogP contribution >= 0.6 is 0 Å². The molecule has 0 amide bonds. The molecule has 0 saturated heterocycles. The van der Waals surface area contributed by atoms with Crippen LogP contribution in [0, 0.1) is 6.92 Å². The first-order chi connectivity index (χ1) is 13.0. The maximum Gasteiger partial charge on any atom is 0.360 e. The predicted octanol–water partition coefficient (Wildman–Crippen LogP) is 4.74. The van der Waals surface area contributed by atoms with Gasteiger partial charge >= 0.3 is 5.97 Å². The maximum absolute atomic E-state index is 12.4. The number of ether oxygens (including phenoxy) is 1. The van der Waals surface area contributed by atoms with E-state index in [1.165, 1.54) is 12.1 Å². The summed E-state index contributed by atoms with van der Waals surface area (Å²) >= 11 is 0. The number of carbonyl (C=O) groups excluding carboxylic acids is 1. The zero-order chi connectivity index (χ0) is 19.6. The molecule has 0 aromatic heterocycles. The standard InChI is InChI=1S/C22H22N2O3/c1-5-18-19-16(15-10-8-7-9-11-15)12-14(3)13-17(19)21(25)20(22(26)27-4)24(18)23-6-2/h5-13,25H,1-4H3/b18-5+,23-6-. The summed E-state index contributed by atoms with van der Waals surface area (Å²) in [5.74, 6) is -0.792. The molecule has 0 saturated carbocycles. The zero-order valence-corrected chi connectivity index (χ0v) is 15.9. The number of hydrogen-bond donors (Lipinski definition) is 1. The Morgan fingerprint density at radius 2 is 1.81 bits per heavy atom. The van der Waals surface area contributed by atoms with Gasteiger partial charge in [-0.25, -0.2) is 9.80 Å². The van der Waals surface area contributed by atoms with Crippen molar-refractivity contribution in [1.82, 2.24) is 5.01 Å². The summed E-state index contributed by atoms with van der Waals surface area (Å²) in [4.78, 5) is 12.4. The van der Waals surface area contributed by atoms with Crippen LogP contribution in [0.2, 0.25) is 0 Å². The summed E-state index contributed by atoms with van der Waals surface area (Å²) in [6.45, 7) is 5.59. The van der Waals surface area contributed by atoms with Gasteiger partial charge in [0.15, 0.2) is 11.5 Å². The summed E-state index contributed by atoms with van der Waals surface area (Å²) in [7, 11) is 1.28. The maximum atomic E-state index is 12.4. The second-order valence-electron chi connectivity index (χ2n) is 6.15. The van der Waals surface area contributed by atoms with Crippen molar-refractivity contribution in [3.05, 3.63) is 70.9 Å². The monoisotopic (exact) mass is 362 g/mol. The van der Waals surface area contributed by atoms with E-state index in [1.807, 2.05) is 56.3 Å². The molecular formula is C22H22N2O3. The first-order valence-corrected chi connectivity index (χ1v) is 8.70. The molecule has 27 heavy (non-hydrogen) atoms. The molecule has 0 aliphatic carbocycles. The highest BCUT2D eigenvalue weighted by Gasteiger charge is 2.35. The number of carbonyl (C=O) groups is 1. The molecule has 2 aromatic carbocycles. The van der Waals surface area contributed by atoms with Gasteiger partial charge in [0.2, 0.25) is 0 Å². The molecule has 1 heterocycles. The molecule has 1 aliphatic heterocycles. The van der Waals surface area contributed by atoms with Crippen molar-refractivity contribution in [3.63, 3.8) is 0 Å². The summed E-state index contributed by atoms with van der Waals surface area (Å²) in [6, 6.07) is 13.9. The fourth-order valence-corrected chi connectivity index (χ4v) is 3.33. The van der Waals surface area contributed by atoms with Crippen molar-refractivity contribution in [2.45, 2.75) is 20.8 Å². The third kappa shape index (κ3) is 3.12. The van der Waals surface area contributed by atoms with Gasteiger partial charge in [0, 0.05) is 17.3 Å². The van der Waals surface area contributed by atoms with E-state index in [9.17, 15) is 9.90 Å². The van der Waals surface area contributed by atoms with Crippen LogP contribution in [-0.4, -0.2) is 29.4 Å². The minimum atomic E-state index is -0.647. The number of fused-ring (bicyclic) bond motifs is 1. The minimum absolute atomic E-state index is 0.000752. The number of benzene rings is 2. The van der Waals surface area contributed by atoms with Gasteiger partial charge in [-0.15, -0.1) is 0 Å². The molecule has 0 radical (unpaired) electrons. The lowest BCUT2D eigenvalue weighted by Gasteiger charge is -2.32.